The second-order valence-corrected chi connectivity index (χ2v) is 6.49. The van der Waals surface area contributed by atoms with Gasteiger partial charge in [-0.3, -0.25) is 0 Å². The predicted molar refractivity (Wildman–Crippen MR) is 69.7 cm³/mol. The third-order valence-corrected chi connectivity index (χ3v) is 3.04. The minimum Gasteiger partial charge on any atom is -0.367 e. The number of nitrogens with two attached hydrogens (primary N) is 1. The summed E-state index contributed by atoms with van der Waals surface area (Å²) in [6, 6.07) is 0. The Bertz CT molecular complexity index is 347. The van der Waals surface area contributed by atoms with E-state index in [2.05, 4.69) is 48.3 Å². The second-order valence-electron chi connectivity index (χ2n) is 6.49. The quantitative estimate of drug-likeness (QED) is 0.721. The molecule has 1 heterocycles. The van der Waals surface area contributed by atoms with Crippen molar-refractivity contribution < 1.29 is 4.74 Å². The average molecular weight is 255 g/mol. The first kappa shape index (κ1) is 15.0. The molecule has 0 saturated carbocycles. The molecule has 0 saturated heterocycles. The third-order valence-electron chi connectivity index (χ3n) is 3.04. The van der Waals surface area contributed by atoms with Crippen molar-refractivity contribution in [2.75, 3.05) is 7.11 Å². The third kappa shape index (κ3) is 5.10. The van der Waals surface area contributed by atoms with E-state index in [0.717, 1.165) is 25.1 Å². The molecule has 1 rings (SSSR count). The molecule has 18 heavy (non-hydrogen) atoms. The molecule has 0 aliphatic heterocycles. The van der Waals surface area contributed by atoms with Gasteiger partial charge in [-0.15, -0.1) is 10.2 Å². The molecule has 0 aromatic carbocycles. The number of tetrazole rings is 1. The summed E-state index contributed by atoms with van der Waals surface area (Å²) in [6.45, 7) is 8.85. The van der Waals surface area contributed by atoms with E-state index >= 15 is 0 Å². The van der Waals surface area contributed by atoms with E-state index in [1.807, 2.05) is 0 Å². The van der Waals surface area contributed by atoms with E-state index < -0.39 is 0 Å². The standard InChI is InChI=1S/C12H25N5O/c1-11(2,6-9(13)18-5)8-12(3,4)7-10-14-16-17-15-10/h9H,6-8,13H2,1-5H3,(H,14,15,16,17). The number of methoxy groups -OCH3 is 1. The van der Waals surface area contributed by atoms with Gasteiger partial charge in [0, 0.05) is 13.5 Å². The maximum Gasteiger partial charge on any atom is 0.175 e. The van der Waals surface area contributed by atoms with Crippen LogP contribution in [0.2, 0.25) is 0 Å². The number of aromatic nitrogens is 4. The van der Waals surface area contributed by atoms with Crippen molar-refractivity contribution in [2.45, 2.75) is 53.2 Å². The normalized spacial score (nSPS) is 14.8. The zero-order chi connectivity index (χ0) is 13.8. The number of ether oxygens (including phenoxy) is 1. The van der Waals surface area contributed by atoms with Gasteiger partial charge < -0.3 is 10.5 Å². The van der Waals surface area contributed by atoms with Crippen molar-refractivity contribution >= 4 is 0 Å². The van der Waals surface area contributed by atoms with Gasteiger partial charge in [-0.2, -0.15) is 5.21 Å². The minimum atomic E-state index is -0.207. The summed E-state index contributed by atoms with van der Waals surface area (Å²) >= 11 is 0. The van der Waals surface area contributed by atoms with Crippen LogP contribution in [0.15, 0.2) is 0 Å². The van der Waals surface area contributed by atoms with Gasteiger partial charge in [-0.05, 0) is 23.7 Å². The first-order valence-corrected chi connectivity index (χ1v) is 6.25. The van der Waals surface area contributed by atoms with Crippen LogP contribution in [0.5, 0.6) is 0 Å². The number of aromatic amines is 1. The fraction of sp³-hybridized carbons (Fsp3) is 0.917. The van der Waals surface area contributed by atoms with Crippen LogP contribution in [0.3, 0.4) is 0 Å². The number of nitrogens with one attached hydrogen (secondary N) is 1. The first-order valence-electron chi connectivity index (χ1n) is 6.25. The van der Waals surface area contributed by atoms with E-state index in [4.69, 9.17) is 10.5 Å². The Morgan fingerprint density at radius 2 is 1.94 bits per heavy atom. The predicted octanol–water partition coefficient (Wildman–Crippen LogP) is 1.51. The lowest BCUT2D eigenvalue weighted by molar-refractivity contribution is 0.0497. The monoisotopic (exact) mass is 255 g/mol. The fourth-order valence-corrected chi connectivity index (χ4v) is 2.74. The van der Waals surface area contributed by atoms with Crippen LogP contribution in [0.4, 0.5) is 0 Å². The summed E-state index contributed by atoms with van der Waals surface area (Å²) in [6.07, 6.45) is 2.45. The number of H-pyrrole nitrogens is 1. The van der Waals surface area contributed by atoms with Crippen LogP contribution in [-0.4, -0.2) is 34.0 Å². The minimum absolute atomic E-state index is 0.0981. The highest BCUT2D eigenvalue weighted by atomic mass is 16.5. The van der Waals surface area contributed by atoms with Crippen molar-refractivity contribution in [2.24, 2.45) is 16.6 Å². The van der Waals surface area contributed by atoms with Gasteiger partial charge in [0.15, 0.2) is 5.82 Å². The molecule has 104 valence electrons. The fourth-order valence-electron chi connectivity index (χ4n) is 2.74. The summed E-state index contributed by atoms with van der Waals surface area (Å²) in [5, 5.41) is 14.1. The van der Waals surface area contributed by atoms with Gasteiger partial charge >= 0.3 is 0 Å². The van der Waals surface area contributed by atoms with E-state index in [1.54, 1.807) is 7.11 Å². The van der Waals surface area contributed by atoms with Crippen molar-refractivity contribution in [3.63, 3.8) is 0 Å². The highest BCUT2D eigenvalue weighted by molar-refractivity contribution is 4.89. The molecule has 6 nitrogen and oxygen atoms in total. The maximum absolute atomic E-state index is 5.85. The molecule has 6 heteroatoms. The molecule has 1 unspecified atom stereocenters. The molecule has 0 aliphatic rings. The average Bonchev–Trinajstić information content (AvgIpc) is 2.66. The van der Waals surface area contributed by atoms with Crippen molar-refractivity contribution in [1.82, 2.24) is 20.6 Å². The van der Waals surface area contributed by atoms with Gasteiger partial charge in [0.2, 0.25) is 0 Å². The first-order chi connectivity index (χ1) is 8.24. The molecule has 1 aromatic heterocycles. The van der Waals surface area contributed by atoms with Crippen LogP contribution < -0.4 is 5.73 Å². The van der Waals surface area contributed by atoms with Crippen molar-refractivity contribution in [1.29, 1.82) is 0 Å². The Morgan fingerprint density at radius 3 is 2.44 bits per heavy atom. The van der Waals surface area contributed by atoms with Crippen LogP contribution in [0, 0.1) is 10.8 Å². The Labute approximate surface area is 109 Å². The van der Waals surface area contributed by atoms with Crippen molar-refractivity contribution in [3.05, 3.63) is 5.82 Å². The summed E-state index contributed by atoms with van der Waals surface area (Å²) in [7, 11) is 1.64. The van der Waals surface area contributed by atoms with E-state index in [1.165, 1.54) is 0 Å². The second kappa shape index (κ2) is 5.75. The highest BCUT2D eigenvalue weighted by Crippen LogP contribution is 2.38. The zero-order valence-corrected chi connectivity index (χ0v) is 12.0. The molecule has 0 radical (unpaired) electrons. The summed E-state index contributed by atoms with van der Waals surface area (Å²) in [5.74, 6) is 0.756. The Balaban J connectivity index is 2.57. The Morgan fingerprint density at radius 1 is 1.28 bits per heavy atom. The number of hydrogen-bond acceptors (Lipinski definition) is 5. The lowest BCUT2D eigenvalue weighted by atomic mass is 9.71. The Kier molecular flexibility index (Phi) is 4.81. The van der Waals surface area contributed by atoms with Crippen LogP contribution in [0.25, 0.3) is 0 Å². The summed E-state index contributed by atoms with van der Waals surface area (Å²) in [4.78, 5) is 0. The van der Waals surface area contributed by atoms with Gasteiger partial charge in [0.25, 0.3) is 0 Å². The van der Waals surface area contributed by atoms with E-state index in [-0.39, 0.29) is 17.1 Å². The summed E-state index contributed by atoms with van der Waals surface area (Å²) < 4.78 is 5.14. The largest absolute Gasteiger partial charge is 0.367 e. The molecule has 1 aromatic rings. The van der Waals surface area contributed by atoms with E-state index in [0.29, 0.717) is 0 Å². The molecular weight excluding hydrogens is 230 g/mol. The number of hydrogen-bond donors (Lipinski definition) is 2. The van der Waals surface area contributed by atoms with Crippen LogP contribution in [-0.2, 0) is 11.2 Å². The molecule has 3 N–H and O–H groups in total. The van der Waals surface area contributed by atoms with E-state index in [9.17, 15) is 0 Å². The molecular formula is C12H25N5O. The van der Waals surface area contributed by atoms with Gasteiger partial charge in [0.05, 0.1) is 0 Å². The smallest absolute Gasteiger partial charge is 0.175 e. The number of rotatable bonds is 7. The lowest BCUT2D eigenvalue weighted by Gasteiger charge is -2.35. The van der Waals surface area contributed by atoms with Crippen LogP contribution in [0.1, 0.15) is 46.4 Å². The Hall–Kier alpha value is -1.01. The lowest BCUT2D eigenvalue weighted by Crippen LogP contribution is -2.33. The SMILES string of the molecule is COC(N)CC(C)(C)CC(C)(C)Cc1nn[nH]n1. The highest BCUT2D eigenvalue weighted by Gasteiger charge is 2.31. The molecule has 0 fully saturated rings. The molecule has 0 bridgehead atoms. The van der Waals surface area contributed by atoms with Crippen molar-refractivity contribution in [3.8, 4) is 0 Å². The zero-order valence-electron chi connectivity index (χ0n) is 12.0. The topological polar surface area (TPSA) is 89.7 Å². The van der Waals surface area contributed by atoms with Crippen LogP contribution >= 0.6 is 0 Å². The number of nitrogens with zero attached hydrogens (tertiary/aromatic N) is 3. The molecule has 1 atom stereocenters. The molecule has 0 aliphatic carbocycles. The maximum atomic E-state index is 5.85. The van der Waals surface area contributed by atoms with Gasteiger partial charge in [0.1, 0.15) is 6.23 Å². The molecule has 0 amide bonds. The van der Waals surface area contributed by atoms with Gasteiger partial charge in [-0.25, -0.2) is 0 Å². The molecule has 0 spiro atoms. The summed E-state index contributed by atoms with van der Waals surface area (Å²) in [5.41, 5.74) is 6.06. The van der Waals surface area contributed by atoms with Gasteiger partial charge in [-0.1, -0.05) is 32.9 Å².